The van der Waals surface area contributed by atoms with E-state index < -0.39 is 10.0 Å². The first-order valence-electron chi connectivity index (χ1n) is 9.93. The summed E-state index contributed by atoms with van der Waals surface area (Å²) in [7, 11) is -3.33. The van der Waals surface area contributed by atoms with E-state index in [1.54, 1.807) is 18.2 Å². The van der Waals surface area contributed by atoms with Crippen LogP contribution >= 0.6 is 0 Å². The van der Waals surface area contributed by atoms with Crippen LogP contribution in [-0.4, -0.2) is 44.7 Å². The van der Waals surface area contributed by atoms with Gasteiger partial charge >= 0.3 is 0 Å². The molecule has 2 aromatic rings. The molecule has 8 heteroatoms. The number of nitrogens with one attached hydrogen (secondary N) is 1. The third kappa shape index (κ3) is 4.07. The number of nitrogens with zero attached hydrogens (tertiary/aromatic N) is 3. The van der Waals surface area contributed by atoms with Gasteiger partial charge in [0.05, 0.1) is 11.9 Å². The Morgan fingerprint density at radius 3 is 2.62 bits per heavy atom. The summed E-state index contributed by atoms with van der Waals surface area (Å²) >= 11 is 0. The number of benzene rings is 1. The Morgan fingerprint density at radius 2 is 1.97 bits per heavy atom. The van der Waals surface area contributed by atoms with Gasteiger partial charge in [0.25, 0.3) is 5.91 Å². The zero-order valence-corrected chi connectivity index (χ0v) is 17.6. The van der Waals surface area contributed by atoms with Crippen molar-refractivity contribution >= 4 is 27.4 Å². The molecule has 1 atom stereocenters. The highest BCUT2D eigenvalue weighted by Gasteiger charge is 2.32. The second-order valence-electron chi connectivity index (χ2n) is 7.86. The summed E-state index contributed by atoms with van der Waals surface area (Å²) in [5, 5.41) is 2.92. The van der Waals surface area contributed by atoms with Gasteiger partial charge in [-0.15, -0.1) is 0 Å². The van der Waals surface area contributed by atoms with Crippen LogP contribution < -0.4 is 14.5 Å². The van der Waals surface area contributed by atoms with Crippen LogP contribution in [0, 0.1) is 0 Å². The van der Waals surface area contributed by atoms with Crippen LogP contribution in [0.4, 0.5) is 11.5 Å². The van der Waals surface area contributed by atoms with Gasteiger partial charge in [-0.2, -0.15) is 0 Å². The smallest absolute Gasteiger partial charge is 0.251 e. The molecule has 7 nitrogen and oxygen atoms in total. The largest absolute Gasteiger partial charge is 0.357 e. The minimum atomic E-state index is -3.33. The summed E-state index contributed by atoms with van der Waals surface area (Å²) in [5.41, 5.74) is 3.03. The molecular weight excluding hydrogens is 388 g/mol. The maximum absolute atomic E-state index is 12.6. The molecule has 1 saturated heterocycles. The van der Waals surface area contributed by atoms with Gasteiger partial charge in [-0.25, -0.2) is 13.4 Å². The summed E-state index contributed by atoms with van der Waals surface area (Å²) in [6.07, 6.45) is 6.04. The molecule has 3 heterocycles. The van der Waals surface area contributed by atoms with E-state index in [2.05, 4.69) is 15.2 Å². The number of hydrogen-bond acceptors (Lipinski definition) is 5. The van der Waals surface area contributed by atoms with Gasteiger partial charge in [0.2, 0.25) is 10.0 Å². The summed E-state index contributed by atoms with van der Waals surface area (Å²) in [5.74, 6) is 0.808. The minimum Gasteiger partial charge on any atom is -0.357 e. The van der Waals surface area contributed by atoms with E-state index in [0.717, 1.165) is 30.0 Å². The summed E-state index contributed by atoms with van der Waals surface area (Å²) in [4.78, 5) is 19.4. The van der Waals surface area contributed by atoms with Crippen LogP contribution in [0.5, 0.6) is 0 Å². The molecule has 0 bridgehead atoms. The Balaban J connectivity index is 1.41. The molecular formula is C21H26N4O3S. The van der Waals surface area contributed by atoms with E-state index in [-0.39, 0.29) is 11.9 Å². The molecule has 1 fully saturated rings. The lowest BCUT2D eigenvalue weighted by atomic mass is 10.1. The number of anilines is 2. The van der Waals surface area contributed by atoms with Crippen molar-refractivity contribution < 1.29 is 13.2 Å². The third-order valence-electron chi connectivity index (χ3n) is 5.54. The van der Waals surface area contributed by atoms with Crippen LogP contribution in [0.1, 0.15) is 41.3 Å². The highest BCUT2D eigenvalue weighted by molar-refractivity contribution is 7.92. The number of carbonyl (C=O) groups is 1. The van der Waals surface area contributed by atoms with Crippen molar-refractivity contribution in [2.75, 3.05) is 28.6 Å². The highest BCUT2D eigenvalue weighted by Crippen LogP contribution is 2.34. The average molecular weight is 415 g/mol. The van der Waals surface area contributed by atoms with Gasteiger partial charge in [-0.1, -0.05) is 6.07 Å². The predicted octanol–water partition coefficient (Wildman–Crippen LogP) is 2.32. The molecule has 1 aromatic carbocycles. The second kappa shape index (κ2) is 7.67. The van der Waals surface area contributed by atoms with Crippen molar-refractivity contribution in [3.8, 4) is 0 Å². The number of carbonyl (C=O) groups excluding carboxylic acids is 1. The Bertz CT molecular complexity index is 1010. The molecule has 154 valence electrons. The minimum absolute atomic E-state index is 0.140. The van der Waals surface area contributed by atoms with E-state index in [0.29, 0.717) is 24.2 Å². The molecule has 1 N–H and O–H groups in total. The van der Waals surface area contributed by atoms with E-state index in [9.17, 15) is 13.2 Å². The standard InChI is InChI=1S/C21H26N4O3S/c1-15-11-18-12-17(6-7-19(18)25(15)29(2,27)28)21(26)23-14-16-5-8-20(22-13-16)24-9-3-4-10-24/h5-8,12-13,15H,3-4,9-11,14H2,1-2H3,(H,23,26). The van der Waals surface area contributed by atoms with Crippen LogP contribution in [0.15, 0.2) is 36.5 Å². The Kier molecular flexibility index (Phi) is 5.21. The van der Waals surface area contributed by atoms with Crippen molar-refractivity contribution in [3.05, 3.63) is 53.2 Å². The van der Waals surface area contributed by atoms with Crippen LogP contribution in [0.25, 0.3) is 0 Å². The van der Waals surface area contributed by atoms with Gasteiger partial charge in [0.15, 0.2) is 0 Å². The number of pyridine rings is 1. The molecule has 0 aliphatic carbocycles. The maximum atomic E-state index is 12.6. The number of aromatic nitrogens is 1. The average Bonchev–Trinajstić information content (AvgIpc) is 3.32. The Hall–Kier alpha value is -2.61. The first-order chi connectivity index (χ1) is 13.8. The predicted molar refractivity (Wildman–Crippen MR) is 114 cm³/mol. The number of sulfonamides is 1. The van der Waals surface area contributed by atoms with Gasteiger partial charge in [-0.3, -0.25) is 9.10 Å². The van der Waals surface area contributed by atoms with Crippen LogP contribution in [0.3, 0.4) is 0 Å². The number of rotatable bonds is 5. The zero-order chi connectivity index (χ0) is 20.6. The van der Waals surface area contributed by atoms with Crippen LogP contribution in [0.2, 0.25) is 0 Å². The topological polar surface area (TPSA) is 82.6 Å². The highest BCUT2D eigenvalue weighted by atomic mass is 32.2. The number of fused-ring (bicyclic) bond motifs is 1. The maximum Gasteiger partial charge on any atom is 0.251 e. The molecule has 29 heavy (non-hydrogen) atoms. The molecule has 2 aliphatic heterocycles. The van der Waals surface area contributed by atoms with Gasteiger partial charge in [0, 0.05) is 37.4 Å². The molecule has 2 aliphatic rings. The van der Waals surface area contributed by atoms with E-state index >= 15 is 0 Å². The zero-order valence-electron chi connectivity index (χ0n) is 16.8. The molecule has 0 radical (unpaired) electrons. The normalized spacial score (nSPS) is 18.8. The summed E-state index contributed by atoms with van der Waals surface area (Å²) in [6, 6.07) is 9.05. The van der Waals surface area contributed by atoms with Gasteiger partial charge in [-0.05, 0) is 61.6 Å². The quantitative estimate of drug-likeness (QED) is 0.812. The second-order valence-corrected chi connectivity index (χ2v) is 9.72. The van der Waals surface area contributed by atoms with E-state index in [1.807, 2.05) is 25.3 Å². The fourth-order valence-electron chi connectivity index (χ4n) is 4.19. The molecule has 1 aromatic heterocycles. The lowest BCUT2D eigenvalue weighted by Gasteiger charge is -2.21. The molecule has 1 unspecified atom stereocenters. The Morgan fingerprint density at radius 1 is 1.21 bits per heavy atom. The number of hydrogen-bond donors (Lipinski definition) is 1. The van der Waals surface area contributed by atoms with Crippen molar-refractivity contribution in [2.24, 2.45) is 0 Å². The first kappa shape index (κ1) is 19.7. The van der Waals surface area contributed by atoms with Crippen molar-refractivity contribution in [3.63, 3.8) is 0 Å². The fourth-order valence-corrected chi connectivity index (χ4v) is 5.45. The van der Waals surface area contributed by atoms with E-state index in [1.165, 1.54) is 23.4 Å². The summed E-state index contributed by atoms with van der Waals surface area (Å²) < 4.78 is 25.5. The summed E-state index contributed by atoms with van der Waals surface area (Å²) in [6.45, 7) is 4.38. The van der Waals surface area contributed by atoms with E-state index in [4.69, 9.17) is 0 Å². The third-order valence-corrected chi connectivity index (χ3v) is 6.82. The molecule has 0 spiro atoms. The van der Waals surface area contributed by atoms with Gasteiger partial charge < -0.3 is 10.2 Å². The first-order valence-corrected chi connectivity index (χ1v) is 11.8. The monoisotopic (exact) mass is 414 g/mol. The molecule has 1 amide bonds. The van der Waals surface area contributed by atoms with Crippen molar-refractivity contribution in [2.45, 2.75) is 38.8 Å². The number of amides is 1. The SMILES string of the molecule is CC1Cc2cc(C(=O)NCc3ccc(N4CCCC4)nc3)ccc2N1S(C)(=O)=O. The lowest BCUT2D eigenvalue weighted by molar-refractivity contribution is 0.0951. The van der Waals surface area contributed by atoms with Gasteiger partial charge in [0.1, 0.15) is 5.82 Å². The molecule has 0 saturated carbocycles. The molecule has 4 rings (SSSR count). The van der Waals surface area contributed by atoms with Crippen LogP contribution in [-0.2, 0) is 23.0 Å². The van der Waals surface area contributed by atoms with Crippen molar-refractivity contribution in [1.29, 1.82) is 0 Å². The fraction of sp³-hybridized carbons (Fsp3) is 0.429. The van der Waals surface area contributed by atoms with Crippen molar-refractivity contribution in [1.82, 2.24) is 10.3 Å². The Labute approximate surface area is 171 Å². The lowest BCUT2D eigenvalue weighted by Crippen LogP contribution is -2.34.